The molecular weight excluding hydrogens is 254 g/mol. The first-order valence-electron chi connectivity index (χ1n) is 5.52. The lowest BCUT2D eigenvalue weighted by atomic mass is 9.86. The molecule has 1 N–H and O–H groups in total. The number of rotatable bonds is 2. The zero-order chi connectivity index (χ0) is 13.5. The summed E-state index contributed by atoms with van der Waals surface area (Å²) in [5, 5.41) is 9.69. The third-order valence-corrected chi connectivity index (χ3v) is 3.06. The summed E-state index contributed by atoms with van der Waals surface area (Å²) < 4.78 is 1.63. The van der Waals surface area contributed by atoms with E-state index in [9.17, 15) is 9.90 Å². The highest BCUT2D eigenvalue weighted by Crippen LogP contribution is 2.33. The van der Waals surface area contributed by atoms with Crippen molar-refractivity contribution < 1.29 is 9.90 Å². The maximum atomic E-state index is 11.5. The van der Waals surface area contributed by atoms with Crippen LogP contribution in [0.25, 0.3) is 11.0 Å². The Hall–Kier alpha value is -1.62. The number of imidazole rings is 1. The molecule has 0 aliphatic carbocycles. The van der Waals surface area contributed by atoms with E-state index in [1.165, 1.54) is 6.33 Å². The van der Waals surface area contributed by atoms with Crippen molar-refractivity contribution >= 4 is 28.6 Å². The number of carbonyl (C=O) groups is 1. The number of hydrogen-bond acceptors (Lipinski definition) is 3. The second-order valence-electron chi connectivity index (χ2n) is 5.23. The molecule has 2 aromatic rings. The third-order valence-electron chi connectivity index (χ3n) is 2.78. The highest BCUT2D eigenvalue weighted by molar-refractivity contribution is 6.33. The fourth-order valence-corrected chi connectivity index (χ4v) is 2.24. The van der Waals surface area contributed by atoms with Crippen LogP contribution in [-0.4, -0.2) is 25.6 Å². The van der Waals surface area contributed by atoms with Gasteiger partial charge in [0.1, 0.15) is 11.6 Å². The van der Waals surface area contributed by atoms with Gasteiger partial charge in [0, 0.05) is 6.20 Å². The zero-order valence-corrected chi connectivity index (χ0v) is 11.1. The van der Waals surface area contributed by atoms with Crippen molar-refractivity contribution in [3.8, 4) is 0 Å². The number of carboxylic acids is 1. The summed E-state index contributed by atoms with van der Waals surface area (Å²) in [6.07, 6.45) is 3.05. The van der Waals surface area contributed by atoms with Gasteiger partial charge in [-0.3, -0.25) is 0 Å². The topological polar surface area (TPSA) is 68.0 Å². The van der Waals surface area contributed by atoms with E-state index in [0.29, 0.717) is 11.0 Å². The molecule has 0 bridgehead atoms. The van der Waals surface area contributed by atoms with Crippen molar-refractivity contribution in [2.24, 2.45) is 5.41 Å². The number of fused-ring (bicyclic) bond motifs is 1. The smallest absolute Gasteiger partial charge is 0.327 e. The number of halogens is 1. The molecule has 0 aliphatic heterocycles. The lowest BCUT2D eigenvalue weighted by Gasteiger charge is -2.28. The van der Waals surface area contributed by atoms with E-state index < -0.39 is 17.4 Å². The van der Waals surface area contributed by atoms with Crippen LogP contribution in [0.15, 0.2) is 18.6 Å². The molecule has 2 heterocycles. The molecule has 0 radical (unpaired) electrons. The average Bonchev–Trinajstić information content (AvgIpc) is 2.61. The van der Waals surface area contributed by atoms with Crippen LogP contribution in [0.3, 0.4) is 0 Å². The number of aromatic nitrogens is 3. The summed E-state index contributed by atoms with van der Waals surface area (Å²) in [6.45, 7) is 5.63. The van der Waals surface area contributed by atoms with Crippen LogP contribution in [0.5, 0.6) is 0 Å². The quantitative estimate of drug-likeness (QED) is 0.850. The summed E-state index contributed by atoms with van der Waals surface area (Å²) >= 11 is 5.93. The first-order chi connectivity index (χ1) is 8.32. The highest BCUT2D eigenvalue weighted by atomic mass is 35.5. The summed E-state index contributed by atoms with van der Waals surface area (Å²) in [5.41, 5.74) is 0.766. The minimum absolute atomic E-state index is 0.282. The second kappa shape index (κ2) is 4.24. The largest absolute Gasteiger partial charge is 0.480 e. The van der Waals surface area contributed by atoms with E-state index in [0.717, 1.165) is 0 Å². The Morgan fingerprint density at radius 1 is 1.44 bits per heavy atom. The van der Waals surface area contributed by atoms with Gasteiger partial charge >= 0.3 is 5.97 Å². The lowest BCUT2D eigenvalue weighted by molar-refractivity contribution is -0.144. The fraction of sp³-hybridized carbons (Fsp3) is 0.417. The van der Waals surface area contributed by atoms with E-state index in [4.69, 9.17) is 11.6 Å². The molecule has 96 valence electrons. The molecule has 2 rings (SSSR count). The number of aliphatic carboxylic acids is 1. The van der Waals surface area contributed by atoms with Crippen molar-refractivity contribution in [3.05, 3.63) is 23.7 Å². The highest BCUT2D eigenvalue weighted by Gasteiger charge is 2.33. The van der Waals surface area contributed by atoms with Crippen molar-refractivity contribution in [1.82, 2.24) is 14.5 Å². The van der Waals surface area contributed by atoms with Gasteiger partial charge in [-0.05, 0) is 11.5 Å². The fourth-order valence-electron chi connectivity index (χ4n) is 2.04. The predicted octanol–water partition coefficient (Wildman–Crippen LogP) is 2.76. The van der Waals surface area contributed by atoms with Gasteiger partial charge in [0.05, 0.1) is 11.8 Å². The maximum Gasteiger partial charge on any atom is 0.327 e. The Balaban J connectivity index is 2.66. The Kier molecular flexibility index (Phi) is 3.02. The van der Waals surface area contributed by atoms with Crippen LogP contribution >= 0.6 is 11.6 Å². The molecule has 5 nitrogen and oxygen atoms in total. The van der Waals surface area contributed by atoms with Gasteiger partial charge < -0.3 is 9.67 Å². The summed E-state index contributed by atoms with van der Waals surface area (Å²) in [7, 11) is 0. The first-order valence-corrected chi connectivity index (χ1v) is 5.90. The van der Waals surface area contributed by atoms with E-state index in [1.807, 2.05) is 20.8 Å². The SMILES string of the molecule is CC(C)(C)C(C(=O)O)n1cnc2c(Cl)nccc21. The Labute approximate surface area is 109 Å². The molecule has 1 unspecified atom stereocenters. The molecule has 6 heteroatoms. The van der Waals surface area contributed by atoms with E-state index in [2.05, 4.69) is 9.97 Å². The first kappa shape index (κ1) is 12.8. The molecule has 0 fully saturated rings. The van der Waals surface area contributed by atoms with Crippen molar-refractivity contribution in [2.75, 3.05) is 0 Å². The van der Waals surface area contributed by atoms with Crippen molar-refractivity contribution in [2.45, 2.75) is 26.8 Å². The van der Waals surface area contributed by atoms with E-state index in [-0.39, 0.29) is 5.15 Å². The van der Waals surface area contributed by atoms with Crippen LogP contribution < -0.4 is 0 Å². The lowest BCUT2D eigenvalue weighted by Crippen LogP contribution is -2.31. The molecule has 0 aliphatic rings. The molecular formula is C12H14ClN3O2. The van der Waals surface area contributed by atoms with E-state index >= 15 is 0 Å². The zero-order valence-electron chi connectivity index (χ0n) is 10.4. The Bertz CT molecular complexity index is 601. The normalized spacial score (nSPS) is 13.8. The number of nitrogens with zero attached hydrogens (tertiary/aromatic N) is 3. The van der Waals surface area contributed by atoms with Crippen molar-refractivity contribution in [3.63, 3.8) is 0 Å². The number of pyridine rings is 1. The van der Waals surface area contributed by atoms with Crippen LogP contribution in [0.1, 0.15) is 26.8 Å². The third kappa shape index (κ3) is 2.06. The summed E-state index contributed by atoms with van der Waals surface area (Å²) in [5.74, 6) is -0.894. The van der Waals surface area contributed by atoms with Crippen LogP contribution in [-0.2, 0) is 4.79 Å². The van der Waals surface area contributed by atoms with Gasteiger partial charge in [-0.2, -0.15) is 0 Å². The standard InChI is InChI=1S/C12H14ClN3O2/c1-12(2,3)9(11(17)18)16-6-15-8-7(16)4-5-14-10(8)13/h4-6,9H,1-3H3,(H,17,18). The number of hydrogen-bond donors (Lipinski definition) is 1. The molecule has 0 spiro atoms. The molecule has 0 saturated heterocycles. The summed E-state index contributed by atoms with van der Waals surface area (Å²) in [6, 6.07) is 1.01. The Morgan fingerprint density at radius 3 is 2.67 bits per heavy atom. The van der Waals surface area contributed by atoms with Crippen LogP contribution in [0.2, 0.25) is 5.15 Å². The van der Waals surface area contributed by atoms with Gasteiger partial charge in [0.25, 0.3) is 0 Å². The molecule has 0 saturated carbocycles. The second-order valence-corrected chi connectivity index (χ2v) is 5.59. The maximum absolute atomic E-state index is 11.5. The summed E-state index contributed by atoms with van der Waals surface area (Å²) in [4.78, 5) is 19.5. The van der Waals surface area contributed by atoms with Gasteiger partial charge in [0.2, 0.25) is 0 Å². The molecule has 18 heavy (non-hydrogen) atoms. The molecule has 2 aromatic heterocycles. The van der Waals surface area contributed by atoms with Crippen molar-refractivity contribution in [1.29, 1.82) is 0 Å². The number of carboxylic acid groups (broad SMARTS) is 1. The molecule has 1 atom stereocenters. The van der Waals surface area contributed by atoms with Crippen LogP contribution in [0, 0.1) is 5.41 Å². The van der Waals surface area contributed by atoms with Gasteiger partial charge in [-0.1, -0.05) is 32.4 Å². The average molecular weight is 268 g/mol. The van der Waals surface area contributed by atoms with Gasteiger partial charge in [-0.15, -0.1) is 0 Å². The molecule has 0 amide bonds. The Morgan fingerprint density at radius 2 is 2.11 bits per heavy atom. The monoisotopic (exact) mass is 267 g/mol. The molecule has 0 aromatic carbocycles. The minimum Gasteiger partial charge on any atom is -0.480 e. The van der Waals surface area contributed by atoms with Gasteiger partial charge in [-0.25, -0.2) is 14.8 Å². The predicted molar refractivity (Wildman–Crippen MR) is 68.7 cm³/mol. The van der Waals surface area contributed by atoms with Crippen LogP contribution in [0.4, 0.5) is 0 Å². The minimum atomic E-state index is -0.894. The van der Waals surface area contributed by atoms with Gasteiger partial charge in [0.15, 0.2) is 5.15 Å². The van der Waals surface area contributed by atoms with E-state index in [1.54, 1.807) is 16.8 Å².